The maximum atomic E-state index is 13.0. The van der Waals surface area contributed by atoms with E-state index >= 15 is 0 Å². The Hall–Kier alpha value is -3.38. The number of hydrogen-bond donors (Lipinski definition) is 0. The summed E-state index contributed by atoms with van der Waals surface area (Å²) in [4.78, 5) is 14.6. The van der Waals surface area contributed by atoms with E-state index in [0.717, 1.165) is 5.56 Å². The highest BCUT2D eigenvalue weighted by molar-refractivity contribution is 7.89. The summed E-state index contributed by atoms with van der Waals surface area (Å²) in [5.74, 6) is 0.550. The van der Waals surface area contributed by atoms with Gasteiger partial charge in [-0.05, 0) is 54.1 Å². The molecule has 1 amide bonds. The number of sulfonamides is 1. The van der Waals surface area contributed by atoms with Crippen molar-refractivity contribution in [1.29, 1.82) is 5.26 Å². The van der Waals surface area contributed by atoms with Crippen LogP contribution in [-0.2, 0) is 16.6 Å². The zero-order valence-corrected chi connectivity index (χ0v) is 19.8. The van der Waals surface area contributed by atoms with Crippen molar-refractivity contribution >= 4 is 27.5 Å². The number of piperazine rings is 1. The molecule has 3 aromatic carbocycles. The lowest BCUT2D eigenvalue weighted by atomic mass is 10.1. The molecule has 1 fully saturated rings. The number of ether oxygens (including phenoxy) is 1. The lowest BCUT2D eigenvalue weighted by molar-refractivity contribution is 0.0698. The van der Waals surface area contributed by atoms with Gasteiger partial charge < -0.3 is 9.64 Å². The van der Waals surface area contributed by atoms with E-state index in [-0.39, 0.29) is 42.5 Å². The minimum absolute atomic E-state index is 0.00585. The van der Waals surface area contributed by atoms with Crippen molar-refractivity contribution in [2.45, 2.75) is 11.5 Å². The second kappa shape index (κ2) is 10.3. The third kappa shape index (κ3) is 5.23. The van der Waals surface area contributed by atoms with E-state index in [1.807, 2.05) is 18.2 Å². The fourth-order valence-electron chi connectivity index (χ4n) is 3.68. The van der Waals surface area contributed by atoms with Crippen LogP contribution < -0.4 is 4.74 Å². The zero-order valence-electron chi connectivity index (χ0n) is 18.2. The number of benzene rings is 3. The van der Waals surface area contributed by atoms with Crippen molar-refractivity contribution in [1.82, 2.24) is 9.21 Å². The van der Waals surface area contributed by atoms with E-state index in [0.29, 0.717) is 22.9 Å². The molecule has 0 aliphatic carbocycles. The minimum Gasteiger partial charge on any atom is -0.489 e. The molecule has 7 nitrogen and oxygen atoms in total. The summed E-state index contributed by atoms with van der Waals surface area (Å²) in [5, 5.41) is 9.88. The van der Waals surface area contributed by atoms with Crippen LogP contribution in [0.25, 0.3) is 0 Å². The highest BCUT2D eigenvalue weighted by atomic mass is 35.5. The monoisotopic (exact) mass is 495 g/mol. The third-order valence-corrected chi connectivity index (χ3v) is 7.78. The smallest absolute Gasteiger partial charge is 0.253 e. The van der Waals surface area contributed by atoms with Gasteiger partial charge in [0, 0.05) is 36.8 Å². The Bertz CT molecular complexity index is 1310. The largest absolute Gasteiger partial charge is 0.489 e. The van der Waals surface area contributed by atoms with Crippen molar-refractivity contribution in [2.24, 2.45) is 0 Å². The van der Waals surface area contributed by atoms with E-state index in [4.69, 9.17) is 16.3 Å². The topological polar surface area (TPSA) is 90.7 Å². The van der Waals surface area contributed by atoms with Crippen molar-refractivity contribution in [3.05, 3.63) is 94.5 Å². The average Bonchev–Trinajstić information content (AvgIpc) is 2.88. The van der Waals surface area contributed by atoms with E-state index < -0.39 is 10.0 Å². The molecule has 3 aromatic rings. The van der Waals surface area contributed by atoms with Crippen molar-refractivity contribution in [3.8, 4) is 11.8 Å². The van der Waals surface area contributed by atoms with Crippen LogP contribution in [0.4, 0.5) is 0 Å². The van der Waals surface area contributed by atoms with Crippen LogP contribution in [0.15, 0.2) is 77.7 Å². The van der Waals surface area contributed by atoms with Crippen molar-refractivity contribution in [2.75, 3.05) is 26.2 Å². The third-order valence-electron chi connectivity index (χ3n) is 5.57. The summed E-state index contributed by atoms with van der Waals surface area (Å²) in [6, 6.07) is 22.3. The summed E-state index contributed by atoms with van der Waals surface area (Å²) in [6.45, 7) is 1.24. The lowest BCUT2D eigenvalue weighted by Gasteiger charge is -2.34. The number of nitriles is 1. The fourth-order valence-corrected chi connectivity index (χ4v) is 5.37. The summed E-state index contributed by atoms with van der Waals surface area (Å²) in [7, 11) is -3.80. The molecule has 0 atom stereocenters. The number of hydrogen-bond acceptors (Lipinski definition) is 5. The molecule has 9 heteroatoms. The van der Waals surface area contributed by atoms with Gasteiger partial charge in [-0.3, -0.25) is 4.79 Å². The van der Waals surface area contributed by atoms with Gasteiger partial charge in [-0.2, -0.15) is 9.57 Å². The first-order valence-electron chi connectivity index (χ1n) is 10.6. The van der Waals surface area contributed by atoms with Gasteiger partial charge in [0.05, 0.1) is 10.5 Å². The van der Waals surface area contributed by atoms with Crippen LogP contribution in [0.1, 0.15) is 21.5 Å². The standard InChI is InChI=1S/C25H22ClN3O4S/c26-22-9-11-23(12-10-22)33-18-19-5-7-20(8-6-19)25(30)28-13-15-29(16-14-28)34(31,32)24-4-2-1-3-21(24)17-27/h1-12H,13-16,18H2. The first kappa shape index (κ1) is 23.8. The predicted molar refractivity (Wildman–Crippen MR) is 128 cm³/mol. The number of amides is 1. The van der Waals surface area contributed by atoms with Gasteiger partial charge in [0.2, 0.25) is 10.0 Å². The summed E-state index contributed by atoms with van der Waals surface area (Å²) < 4.78 is 33.0. The zero-order chi connectivity index (χ0) is 24.1. The first-order valence-corrected chi connectivity index (χ1v) is 12.5. The molecule has 34 heavy (non-hydrogen) atoms. The molecule has 0 N–H and O–H groups in total. The summed E-state index contributed by atoms with van der Waals surface area (Å²) in [5.41, 5.74) is 1.56. The van der Waals surface area contributed by atoms with Gasteiger partial charge in [0.1, 0.15) is 18.4 Å². The molecular weight excluding hydrogens is 474 g/mol. The predicted octanol–water partition coefficient (Wildman–Crippen LogP) is 3.94. The van der Waals surface area contributed by atoms with Crippen LogP contribution in [0.2, 0.25) is 5.02 Å². The van der Waals surface area contributed by atoms with Crippen molar-refractivity contribution in [3.63, 3.8) is 0 Å². The number of carbonyl (C=O) groups excluding carboxylic acids is 1. The highest BCUT2D eigenvalue weighted by Gasteiger charge is 2.31. The maximum absolute atomic E-state index is 13.0. The molecular formula is C25H22ClN3O4S. The Balaban J connectivity index is 1.35. The molecule has 1 heterocycles. The Kier molecular flexibility index (Phi) is 7.17. The van der Waals surface area contributed by atoms with Gasteiger partial charge in [0.15, 0.2) is 0 Å². The fraction of sp³-hybridized carbons (Fsp3) is 0.200. The first-order chi connectivity index (χ1) is 16.4. The van der Waals surface area contributed by atoms with E-state index in [9.17, 15) is 18.5 Å². The molecule has 4 rings (SSSR count). The number of nitrogens with zero attached hydrogens (tertiary/aromatic N) is 3. The van der Waals surface area contributed by atoms with Crippen LogP contribution in [0.3, 0.4) is 0 Å². The van der Waals surface area contributed by atoms with E-state index in [1.54, 1.807) is 53.4 Å². The number of carbonyl (C=O) groups is 1. The van der Waals surface area contributed by atoms with Gasteiger partial charge in [-0.25, -0.2) is 8.42 Å². The number of rotatable bonds is 6. The lowest BCUT2D eigenvalue weighted by Crippen LogP contribution is -2.50. The Morgan fingerprint density at radius 2 is 1.59 bits per heavy atom. The minimum atomic E-state index is -3.80. The maximum Gasteiger partial charge on any atom is 0.253 e. The van der Waals surface area contributed by atoms with Gasteiger partial charge in [-0.1, -0.05) is 35.9 Å². The van der Waals surface area contributed by atoms with E-state index in [1.165, 1.54) is 16.4 Å². The molecule has 1 aliphatic rings. The Morgan fingerprint density at radius 3 is 2.24 bits per heavy atom. The SMILES string of the molecule is N#Cc1ccccc1S(=O)(=O)N1CCN(C(=O)c2ccc(COc3ccc(Cl)cc3)cc2)CC1. The van der Waals surface area contributed by atoms with Gasteiger partial charge >= 0.3 is 0 Å². The molecule has 1 saturated heterocycles. The van der Waals surface area contributed by atoms with Crippen LogP contribution in [0, 0.1) is 11.3 Å². The Morgan fingerprint density at radius 1 is 0.941 bits per heavy atom. The van der Waals surface area contributed by atoms with Crippen LogP contribution in [-0.4, -0.2) is 49.7 Å². The van der Waals surface area contributed by atoms with Crippen LogP contribution >= 0.6 is 11.6 Å². The van der Waals surface area contributed by atoms with Gasteiger partial charge in [0.25, 0.3) is 5.91 Å². The van der Waals surface area contributed by atoms with Crippen molar-refractivity contribution < 1.29 is 17.9 Å². The molecule has 0 aromatic heterocycles. The molecule has 0 spiro atoms. The second-order valence-corrected chi connectivity index (χ2v) is 10.1. The normalized spacial score (nSPS) is 14.4. The molecule has 0 radical (unpaired) electrons. The highest BCUT2D eigenvalue weighted by Crippen LogP contribution is 2.22. The quantitative estimate of drug-likeness (QED) is 0.516. The van der Waals surface area contributed by atoms with Crippen LogP contribution in [0.5, 0.6) is 5.75 Å². The Labute approximate surface area is 203 Å². The second-order valence-electron chi connectivity index (χ2n) is 7.74. The summed E-state index contributed by atoms with van der Waals surface area (Å²) >= 11 is 5.87. The van der Waals surface area contributed by atoms with Gasteiger partial charge in [-0.15, -0.1) is 0 Å². The summed E-state index contributed by atoms with van der Waals surface area (Å²) in [6.07, 6.45) is 0. The molecule has 1 aliphatic heterocycles. The van der Waals surface area contributed by atoms with E-state index in [2.05, 4.69) is 0 Å². The average molecular weight is 496 g/mol. The molecule has 0 unspecified atom stereocenters. The molecule has 174 valence electrons. The number of halogens is 1. The molecule has 0 bridgehead atoms. The molecule has 0 saturated carbocycles.